The Kier molecular flexibility index (Phi) is 5.43. The number of rotatable bonds is 6. The van der Waals surface area contributed by atoms with Gasteiger partial charge in [-0.1, -0.05) is 30.0 Å². The molecule has 33 heavy (non-hydrogen) atoms. The molecule has 0 radical (unpaired) electrons. The van der Waals surface area contributed by atoms with Gasteiger partial charge in [-0.2, -0.15) is 10.1 Å². The number of thioether (sulfide) groups is 1. The molecule has 9 nitrogen and oxygen atoms in total. The van der Waals surface area contributed by atoms with Crippen LogP contribution in [-0.2, 0) is 11.2 Å². The molecule has 0 atom stereocenters. The molecule has 0 saturated heterocycles. The van der Waals surface area contributed by atoms with Gasteiger partial charge in [-0.15, -0.1) is 5.10 Å². The van der Waals surface area contributed by atoms with E-state index in [1.165, 1.54) is 11.8 Å². The molecule has 5 rings (SSSR count). The van der Waals surface area contributed by atoms with E-state index in [-0.39, 0.29) is 12.3 Å². The lowest BCUT2D eigenvalue weighted by Gasteiger charge is -2.12. The van der Waals surface area contributed by atoms with Crippen LogP contribution in [0.5, 0.6) is 0 Å². The number of anilines is 1. The van der Waals surface area contributed by atoms with E-state index < -0.39 is 0 Å². The summed E-state index contributed by atoms with van der Waals surface area (Å²) in [6.45, 7) is 3.81. The van der Waals surface area contributed by atoms with Crippen molar-refractivity contribution in [2.45, 2.75) is 25.4 Å². The van der Waals surface area contributed by atoms with Gasteiger partial charge in [-0.25, -0.2) is 14.2 Å². The lowest BCUT2D eigenvalue weighted by molar-refractivity contribution is -0.115. The summed E-state index contributed by atoms with van der Waals surface area (Å²) in [6, 6.07) is 13.3. The summed E-state index contributed by atoms with van der Waals surface area (Å²) in [5.74, 6) is 0.922. The summed E-state index contributed by atoms with van der Waals surface area (Å²) < 4.78 is 8.60. The largest absolute Gasteiger partial charge is 0.472 e. The third-order valence-corrected chi connectivity index (χ3v) is 5.88. The first-order valence-electron chi connectivity index (χ1n) is 10.3. The van der Waals surface area contributed by atoms with Crippen LogP contribution in [0, 0.1) is 13.8 Å². The van der Waals surface area contributed by atoms with Crippen molar-refractivity contribution in [3.63, 3.8) is 0 Å². The quantitative estimate of drug-likeness (QED) is 0.382. The topological polar surface area (TPSA) is 103 Å². The molecule has 0 fully saturated rings. The standard InChI is InChI=1S/C23H21N7O2S/c1-14-18(15(2)29-22(24-14)26-23(28-29)33-3)11-21(31)25-20-12-19(16-9-10-32-13-16)27-30(20)17-7-5-4-6-8-17/h4-10,12-13H,11H2,1-3H3,(H,25,31). The van der Waals surface area contributed by atoms with E-state index in [9.17, 15) is 4.79 Å². The zero-order valence-corrected chi connectivity index (χ0v) is 19.1. The molecule has 0 aliphatic carbocycles. The molecule has 0 aliphatic rings. The Bertz CT molecular complexity index is 1440. The van der Waals surface area contributed by atoms with Gasteiger partial charge in [0.15, 0.2) is 0 Å². The van der Waals surface area contributed by atoms with E-state index in [0.717, 1.165) is 28.2 Å². The van der Waals surface area contributed by atoms with Crippen LogP contribution >= 0.6 is 11.8 Å². The number of carbonyl (C=O) groups excluding carboxylic acids is 1. The highest BCUT2D eigenvalue weighted by Gasteiger charge is 2.18. The van der Waals surface area contributed by atoms with Gasteiger partial charge in [0.05, 0.1) is 30.3 Å². The average molecular weight is 460 g/mol. The van der Waals surface area contributed by atoms with Crippen LogP contribution in [0.2, 0.25) is 0 Å². The van der Waals surface area contributed by atoms with Gasteiger partial charge >= 0.3 is 0 Å². The van der Waals surface area contributed by atoms with Crippen molar-refractivity contribution in [3.8, 4) is 16.9 Å². The third kappa shape index (κ3) is 4.00. The normalized spacial score (nSPS) is 11.2. The van der Waals surface area contributed by atoms with Crippen molar-refractivity contribution in [1.29, 1.82) is 0 Å². The SMILES string of the molecule is CSc1nc2nc(C)c(CC(=O)Nc3cc(-c4ccoc4)nn3-c3ccccc3)c(C)n2n1. The number of furan rings is 1. The van der Waals surface area contributed by atoms with Crippen LogP contribution in [0.25, 0.3) is 22.7 Å². The van der Waals surface area contributed by atoms with Gasteiger partial charge in [-0.3, -0.25) is 4.79 Å². The number of para-hydroxylation sites is 1. The predicted octanol–water partition coefficient (Wildman–Crippen LogP) is 4.09. The number of nitrogens with one attached hydrogen (secondary N) is 1. The number of carbonyl (C=O) groups is 1. The summed E-state index contributed by atoms with van der Waals surface area (Å²) in [6.07, 6.45) is 5.28. The molecule has 0 spiro atoms. The second-order valence-electron chi connectivity index (χ2n) is 7.47. The fourth-order valence-corrected chi connectivity index (χ4v) is 4.00. The number of hydrogen-bond donors (Lipinski definition) is 1. The molecule has 0 aliphatic heterocycles. The Labute approximate surface area is 193 Å². The second kappa shape index (κ2) is 8.55. The summed E-state index contributed by atoms with van der Waals surface area (Å²) >= 11 is 1.45. The third-order valence-electron chi connectivity index (χ3n) is 5.34. The van der Waals surface area contributed by atoms with E-state index in [0.29, 0.717) is 22.4 Å². The lowest BCUT2D eigenvalue weighted by atomic mass is 10.1. The van der Waals surface area contributed by atoms with E-state index in [1.807, 2.05) is 62.6 Å². The van der Waals surface area contributed by atoms with E-state index in [2.05, 4.69) is 25.5 Å². The maximum absolute atomic E-state index is 13.1. The van der Waals surface area contributed by atoms with E-state index >= 15 is 0 Å². The minimum absolute atomic E-state index is 0.149. The fraction of sp³-hybridized carbons (Fsp3) is 0.174. The van der Waals surface area contributed by atoms with Crippen LogP contribution < -0.4 is 5.32 Å². The molecule has 1 aromatic carbocycles. The Morgan fingerprint density at radius 1 is 1.12 bits per heavy atom. The van der Waals surface area contributed by atoms with Gasteiger partial charge in [-0.05, 0) is 38.3 Å². The molecule has 4 aromatic heterocycles. The predicted molar refractivity (Wildman–Crippen MR) is 126 cm³/mol. The van der Waals surface area contributed by atoms with Gasteiger partial charge in [0.2, 0.25) is 11.1 Å². The number of hydrogen-bond acceptors (Lipinski definition) is 7. The van der Waals surface area contributed by atoms with Crippen LogP contribution in [0.1, 0.15) is 17.0 Å². The van der Waals surface area contributed by atoms with Crippen molar-refractivity contribution in [2.75, 3.05) is 11.6 Å². The summed E-state index contributed by atoms with van der Waals surface area (Å²) in [4.78, 5) is 22.0. The Morgan fingerprint density at radius 3 is 2.67 bits per heavy atom. The molecule has 1 N–H and O–H groups in total. The Hall–Kier alpha value is -3.92. The molecule has 5 aromatic rings. The number of fused-ring (bicyclic) bond motifs is 1. The minimum atomic E-state index is -0.177. The first kappa shape index (κ1) is 21.0. The summed E-state index contributed by atoms with van der Waals surface area (Å²) in [7, 11) is 0. The molecule has 0 bridgehead atoms. The van der Waals surface area contributed by atoms with E-state index in [1.54, 1.807) is 21.7 Å². The molecule has 10 heteroatoms. The molecule has 0 saturated carbocycles. The number of aryl methyl sites for hydroxylation is 2. The number of aromatic nitrogens is 6. The van der Waals surface area contributed by atoms with Crippen molar-refractivity contribution in [3.05, 3.63) is 71.9 Å². The number of amides is 1. The van der Waals surface area contributed by atoms with Gasteiger partial charge in [0.1, 0.15) is 5.82 Å². The zero-order chi connectivity index (χ0) is 22.9. The van der Waals surface area contributed by atoms with Crippen molar-refractivity contribution >= 4 is 29.3 Å². The van der Waals surface area contributed by atoms with Crippen LogP contribution in [-0.4, -0.2) is 41.5 Å². The smallest absolute Gasteiger partial charge is 0.253 e. The second-order valence-corrected chi connectivity index (χ2v) is 8.24. The van der Waals surface area contributed by atoms with Crippen LogP contribution in [0.4, 0.5) is 5.82 Å². The monoisotopic (exact) mass is 459 g/mol. The first-order valence-corrected chi connectivity index (χ1v) is 11.5. The molecule has 1 amide bonds. The van der Waals surface area contributed by atoms with Gasteiger partial charge in [0.25, 0.3) is 5.78 Å². The van der Waals surface area contributed by atoms with Gasteiger partial charge in [0, 0.05) is 28.6 Å². The summed E-state index contributed by atoms with van der Waals surface area (Å²) in [5.41, 5.74) is 4.79. The molecular weight excluding hydrogens is 438 g/mol. The zero-order valence-electron chi connectivity index (χ0n) is 18.3. The minimum Gasteiger partial charge on any atom is -0.472 e. The highest BCUT2D eigenvalue weighted by atomic mass is 32.2. The van der Waals surface area contributed by atoms with Gasteiger partial charge < -0.3 is 9.73 Å². The molecule has 0 unspecified atom stereocenters. The van der Waals surface area contributed by atoms with Crippen molar-refractivity contribution in [1.82, 2.24) is 29.4 Å². The molecule has 4 heterocycles. The molecular formula is C23H21N7O2S. The van der Waals surface area contributed by atoms with E-state index in [4.69, 9.17) is 4.42 Å². The maximum Gasteiger partial charge on any atom is 0.253 e. The Morgan fingerprint density at radius 2 is 1.94 bits per heavy atom. The number of nitrogens with zero attached hydrogens (tertiary/aromatic N) is 6. The average Bonchev–Trinajstić information content (AvgIpc) is 3.56. The summed E-state index contributed by atoms with van der Waals surface area (Å²) in [5, 5.41) is 12.8. The van der Waals surface area contributed by atoms with Crippen molar-refractivity contribution < 1.29 is 9.21 Å². The number of benzene rings is 1. The van der Waals surface area contributed by atoms with Crippen LogP contribution in [0.15, 0.2) is 64.6 Å². The lowest BCUT2D eigenvalue weighted by Crippen LogP contribution is -2.19. The molecule has 166 valence electrons. The van der Waals surface area contributed by atoms with Crippen molar-refractivity contribution in [2.24, 2.45) is 0 Å². The highest BCUT2D eigenvalue weighted by Crippen LogP contribution is 2.25. The first-order chi connectivity index (χ1) is 16.0. The highest BCUT2D eigenvalue weighted by molar-refractivity contribution is 7.98. The fourth-order valence-electron chi connectivity index (χ4n) is 3.67. The van der Waals surface area contributed by atoms with Crippen LogP contribution in [0.3, 0.4) is 0 Å². The Balaban J connectivity index is 1.47. The maximum atomic E-state index is 13.1.